The van der Waals surface area contributed by atoms with Crippen molar-refractivity contribution in [2.75, 3.05) is 46.2 Å². The highest BCUT2D eigenvalue weighted by atomic mass is 32.2. The number of ether oxygens (including phenoxy) is 2. The van der Waals surface area contributed by atoms with Crippen LogP contribution in [0.5, 0.6) is 5.75 Å². The summed E-state index contributed by atoms with van der Waals surface area (Å²) in [5.41, 5.74) is 2.43. The molecule has 5 nitrogen and oxygen atoms in total. The minimum Gasteiger partial charge on any atom is -0.496 e. The van der Waals surface area contributed by atoms with Crippen LogP contribution in [0.25, 0.3) is 0 Å². The van der Waals surface area contributed by atoms with Gasteiger partial charge in [0.25, 0.3) is 0 Å². The van der Waals surface area contributed by atoms with Crippen LogP contribution in [0.4, 0.5) is 0 Å². The average Bonchev–Trinajstić information content (AvgIpc) is 2.66. The molecule has 6 heteroatoms. The number of aryl methyl sites for hydroxylation is 1. The Kier molecular flexibility index (Phi) is 8.59. The first-order valence-corrected chi connectivity index (χ1v) is 10.4. The molecule has 1 aliphatic rings. The van der Waals surface area contributed by atoms with Crippen LogP contribution in [0.2, 0.25) is 0 Å². The van der Waals surface area contributed by atoms with Crippen molar-refractivity contribution in [2.45, 2.75) is 37.9 Å². The van der Waals surface area contributed by atoms with E-state index < -0.39 is 0 Å². The van der Waals surface area contributed by atoms with Crippen molar-refractivity contribution in [3.63, 3.8) is 0 Å². The van der Waals surface area contributed by atoms with Gasteiger partial charge >= 0.3 is 0 Å². The van der Waals surface area contributed by atoms with Crippen molar-refractivity contribution in [1.82, 2.24) is 10.6 Å². The van der Waals surface area contributed by atoms with Gasteiger partial charge in [0.1, 0.15) is 5.75 Å². The van der Waals surface area contributed by atoms with Gasteiger partial charge < -0.3 is 20.1 Å². The fourth-order valence-corrected chi connectivity index (χ4v) is 4.47. The normalized spacial score (nSPS) is 17.0. The molecule has 0 bridgehead atoms. The van der Waals surface area contributed by atoms with Crippen molar-refractivity contribution < 1.29 is 9.47 Å². The first-order valence-electron chi connectivity index (χ1n) is 9.42. The highest BCUT2D eigenvalue weighted by Crippen LogP contribution is 2.34. The predicted molar refractivity (Wildman–Crippen MR) is 112 cm³/mol. The van der Waals surface area contributed by atoms with E-state index in [9.17, 15) is 0 Å². The Hall–Kier alpha value is -1.40. The van der Waals surface area contributed by atoms with Crippen molar-refractivity contribution >= 4 is 17.7 Å². The number of benzene rings is 1. The van der Waals surface area contributed by atoms with E-state index in [1.165, 1.54) is 5.56 Å². The van der Waals surface area contributed by atoms with E-state index in [0.717, 1.165) is 68.6 Å². The maximum atomic E-state index is 5.55. The van der Waals surface area contributed by atoms with Crippen molar-refractivity contribution in [3.05, 3.63) is 29.3 Å². The van der Waals surface area contributed by atoms with E-state index in [4.69, 9.17) is 9.47 Å². The maximum Gasteiger partial charge on any atom is 0.191 e. The van der Waals surface area contributed by atoms with Gasteiger partial charge in [-0.3, -0.25) is 4.99 Å². The van der Waals surface area contributed by atoms with Gasteiger partial charge in [0, 0.05) is 38.1 Å². The van der Waals surface area contributed by atoms with Crippen LogP contribution in [-0.2, 0) is 11.2 Å². The smallest absolute Gasteiger partial charge is 0.191 e. The molecule has 0 unspecified atom stereocenters. The molecular formula is C20H33N3O2S. The predicted octanol–water partition coefficient (Wildman–Crippen LogP) is 3.01. The Morgan fingerprint density at radius 2 is 2.08 bits per heavy atom. The molecule has 146 valence electrons. The summed E-state index contributed by atoms with van der Waals surface area (Å²) in [5, 5.41) is 6.95. The lowest BCUT2D eigenvalue weighted by atomic mass is 9.99. The second-order valence-corrected chi connectivity index (χ2v) is 8.37. The zero-order chi connectivity index (χ0) is 18.8. The van der Waals surface area contributed by atoms with Crippen molar-refractivity contribution in [3.8, 4) is 5.75 Å². The van der Waals surface area contributed by atoms with E-state index in [2.05, 4.69) is 47.7 Å². The van der Waals surface area contributed by atoms with Gasteiger partial charge in [-0.1, -0.05) is 19.1 Å². The zero-order valence-electron chi connectivity index (χ0n) is 16.6. The summed E-state index contributed by atoms with van der Waals surface area (Å²) < 4.78 is 11.2. The van der Waals surface area contributed by atoms with Crippen LogP contribution in [0.1, 0.15) is 30.9 Å². The Bertz CT molecular complexity index is 581. The Morgan fingerprint density at radius 1 is 1.31 bits per heavy atom. The summed E-state index contributed by atoms with van der Waals surface area (Å²) in [7, 11) is 3.55. The number of nitrogens with zero attached hydrogens (tertiary/aromatic N) is 1. The summed E-state index contributed by atoms with van der Waals surface area (Å²) in [4.78, 5) is 4.37. The number of thioether (sulfide) groups is 1. The molecule has 0 spiro atoms. The number of nitrogens with one attached hydrogen (secondary N) is 2. The molecule has 0 radical (unpaired) electrons. The van der Waals surface area contributed by atoms with Gasteiger partial charge in [-0.05, 0) is 49.1 Å². The van der Waals surface area contributed by atoms with Crippen LogP contribution in [0.3, 0.4) is 0 Å². The Labute approximate surface area is 162 Å². The summed E-state index contributed by atoms with van der Waals surface area (Å²) in [5.74, 6) is 2.94. The molecule has 26 heavy (non-hydrogen) atoms. The second-order valence-electron chi connectivity index (χ2n) is 6.63. The first-order chi connectivity index (χ1) is 12.6. The monoisotopic (exact) mass is 379 g/mol. The molecule has 1 heterocycles. The highest BCUT2D eigenvalue weighted by molar-refractivity contribution is 8.00. The molecule has 1 fully saturated rings. The number of aliphatic imine (C=N–C) groups is 1. The van der Waals surface area contributed by atoms with Gasteiger partial charge in [-0.15, -0.1) is 0 Å². The number of hydrogen-bond acceptors (Lipinski definition) is 4. The quantitative estimate of drug-likeness (QED) is 0.537. The molecule has 1 aliphatic heterocycles. The summed E-state index contributed by atoms with van der Waals surface area (Å²) >= 11 is 2.04. The van der Waals surface area contributed by atoms with E-state index >= 15 is 0 Å². The third-order valence-electron chi connectivity index (χ3n) is 4.83. The van der Waals surface area contributed by atoms with Gasteiger partial charge in [-0.25, -0.2) is 0 Å². The number of hydrogen-bond donors (Lipinski definition) is 2. The lowest BCUT2D eigenvalue weighted by Gasteiger charge is -2.37. The zero-order valence-corrected chi connectivity index (χ0v) is 17.4. The maximum absolute atomic E-state index is 5.55. The van der Waals surface area contributed by atoms with Crippen LogP contribution >= 0.6 is 11.8 Å². The van der Waals surface area contributed by atoms with Crippen molar-refractivity contribution in [1.29, 1.82) is 0 Å². The van der Waals surface area contributed by atoms with Crippen LogP contribution in [-0.4, -0.2) is 56.9 Å². The van der Waals surface area contributed by atoms with Gasteiger partial charge in [0.2, 0.25) is 0 Å². The standard InChI is InChI=1S/C20H33N3O2S/c1-5-26-20(9-12-25-13-10-20)15-23-19(21-3)22-11-8-17-7-6-16(2)18(14-17)24-4/h6-7,14H,5,8-13,15H2,1-4H3,(H2,21,22,23). The van der Waals surface area contributed by atoms with E-state index in [1.54, 1.807) is 7.11 Å². The van der Waals surface area contributed by atoms with E-state index in [1.807, 2.05) is 18.8 Å². The Balaban J connectivity index is 1.82. The number of methoxy groups -OCH3 is 1. The molecule has 2 rings (SSSR count). The topological polar surface area (TPSA) is 54.9 Å². The third-order valence-corrected chi connectivity index (χ3v) is 6.29. The summed E-state index contributed by atoms with van der Waals surface area (Å²) in [6.07, 6.45) is 3.12. The molecule has 0 aromatic heterocycles. The molecule has 0 aliphatic carbocycles. The lowest BCUT2D eigenvalue weighted by Crippen LogP contribution is -2.48. The van der Waals surface area contributed by atoms with Crippen LogP contribution in [0, 0.1) is 6.92 Å². The number of rotatable bonds is 8. The molecule has 2 N–H and O–H groups in total. The largest absolute Gasteiger partial charge is 0.496 e. The first kappa shape index (κ1) is 20.9. The van der Waals surface area contributed by atoms with Crippen LogP contribution in [0.15, 0.2) is 23.2 Å². The number of guanidine groups is 1. The average molecular weight is 380 g/mol. The van der Waals surface area contributed by atoms with Crippen molar-refractivity contribution in [2.24, 2.45) is 4.99 Å². The van der Waals surface area contributed by atoms with Crippen LogP contribution < -0.4 is 15.4 Å². The van der Waals surface area contributed by atoms with Gasteiger partial charge in [0.05, 0.1) is 7.11 Å². The summed E-state index contributed by atoms with van der Waals surface area (Å²) in [6, 6.07) is 6.38. The van der Waals surface area contributed by atoms with E-state index in [-0.39, 0.29) is 4.75 Å². The lowest BCUT2D eigenvalue weighted by molar-refractivity contribution is 0.0782. The molecule has 0 saturated carbocycles. The fourth-order valence-electron chi connectivity index (χ4n) is 3.23. The van der Waals surface area contributed by atoms with Gasteiger partial charge in [-0.2, -0.15) is 11.8 Å². The SMILES string of the molecule is CCSC1(CNC(=NC)NCCc2ccc(C)c(OC)c2)CCOCC1. The molecule has 1 aromatic carbocycles. The second kappa shape index (κ2) is 10.7. The molecule has 0 amide bonds. The summed E-state index contributed by atoms with van der Waals surface area (Å²) in [6.45, 7) is 7.76. The molecule has 1 aromatic rings. The molecule has 0 atom stereocenters. The highest BCUT2D eigenvalue weighted by Gasteiger charge is 2.32. The fraction of sp³-hybridized carbons (Fsp3) is 0.650. The molecular weight excluding hydrogens is 346 g/mol. The van der Waals surface area contributed by atoms with E-state index in [0.29, 0.717) is 0 Å². The minimum atomic E-state index is 0.259. The van der Waals surface area contributed by atoms with Gasteiger partial charge in [0.15, 0.2) is 5.96 Å². The minimum absolute atomic E-state index is 0.259. The Morgan fingerprint density at radius 3 is 2.73 bits per heavy atom. The third kappa shape index (κ3) is 6.09. The molecule has 1 saturated heterocycles.